The molecular weight excluding hydrogens is 591 g/mol. The second-order valence-electron chi connectivity index (χ2n) is 9.87. The van der Waals surface area contributed by atoms with Gasteiger partial charge >= 0.3 is 0 Å². The SMILES string of the molecule is [C-]#[N+]C1(NS(=O)(=O)c2cc(C3=CCN(S(=O)(=O)C(C)C)CC3F)c3c(c2)c(-c2nnc(C(F)F)s2)nn3C)CC1. The third-order valence-corrected chi connectivity index (χ3v) is 11.4. The molecule has 1 N–H and O–H groups in total. The summed E-state index contributed by atoms with van der Waals surface area (Å²) >= 11 is 0.592. The third-order valence-electron chi connectivity index (χ3n) is 6.80. The topological polar surface area (TPSA) is 132 Å². The Labute approximate surface area is 232 Å². The van der Waals surface area contributed by atoms with Crippen molar-refractivity contribution in [2.75, 3.05) is 13.1 Å². The minimum Gasteiger partial charge on any atom is -0.292 e. The number of halogens is 3. The van der Waals surface area contributed by atoms with Crippen LogP contribution in [-0.2, 0) is 27.1 Å². The maximum atomic E-state index is 15.7. The first-order valence-electron chi connectivity index (χ1n) is 12.1. The van der Waals surface area contributed by atoms with Crippen LogP contribution in [0.15, 0.2) is 23.1 Å². The van der Waals surface area contributed by atoms with Gasteiger partial charge in [-0.15, -0.1) is 14.9 Å². The Bertz CT molecular complexity index is 1790. The summed E-state index contributed by atoms with van der Waals surface area (Å²) in [5.41, 5.74) is -0.691. The van der Waals surface area contributed by atoms with Crippen molar-refractivity contribution in [2.45, 2.75) is 55.1 Å². The maximum Gasteiger partial charge on any atom is 0.299 e. The highest BCUT2D eigenvalue weighted by atomic mass is 32.2. The fraction of sp³-hybridized carbons (Fsp3) is 0.478. The molecule has 17 heteroatoms. The number of rotatable bonds is 8. The minimum atomic E-state index is -4.29. The van der Waals surface area contributed by atoms with Crippen molar-refractivity contribution in [1.29, 1.82) is 0 Å². The molecular formula is C23H24F3N7O4S3. The zero-order valence-electron chi connectivity index (χ0n) is 21.5. The Hall–Kier alpha value is -2.91. The summed E-state index contributed by atoms with van der Waals surface area (Å²) in [6, 6.07) is 2.53. The van der Waals surface area contributed by atoms with Gasteiger partial charge in [-0.1, -0.05) is 17.4 Å². The average Bonchev–Trinajstić information content (AvgIpc) is 3.32. The Morgan fingerprint density at radius 3 is 2.45 bits per heavy atom. The summed E-state index contributed by atoms with van der Waals surface area (Å²) in [4.78, 5) is 3.10. The van der Waals surface area contributed by atoms with Crippen molar-refractivity contribution in [3.05, 3.63) is 40.2 Å². The van der Waals surface area contributed by atoms with Crippen LogP contribution in [0.5, 0.6) is 0 Å². The molecule has 11 nitrogen and oxygen atoms in total. The van der Waals surface area contributed by atoms with E-state index >= 15 is 4.39 Å². The number of hydrogen-bond donors (Lipinski definition) is 1. The standard InChI is InChI=1S/C23H24F3N7O4S3/c1-12(2)40(36,37)33-8-5-14(17(24)11-33)15-9-13(39(34,35)31-23(27-3)6-7-23)10-16-18(30-32(4)19(15)16)21-28-29-22(38-21)20(25)26/h5,9-10,12,17,20,31H,6-8,11H2,1-2,4H3. The number of sulfonamides is 2. The van der Waals surface area contributed by atoms with Gasteiger partial charge in [0.1, 0.15) is 11.9 Å². The molecule has 1 fully saturated rings. The number of aryl methyl sites for hydroxylation is 1. The second kappa shape index (κ2) is 9.87. The van der Waals surface area contributed by atoms with E-state index in [0.717, 1.165) is 4.31 Å². The zero-order chi connectivity index (χ0) is 29.2. The summed E-state index contributed by atoms with van der Waals surface area (Å²) in [5.74, 6) is 0. The van der Waals surface area contributed by atoms with Gasteiger partial charge in [-0.3, -0.25) is 9.53 Å². The van der Waals surface area contributed by atoms with Crippen LogP contribution in [-0.4, -0.2) is 71.3 Å². The average molecular weight is 616 g/mol. The predicted molar refractivity (Wildman–Crippen MR) is 142 cm³/mol. The van der Waals surface area contributed by atoms with E-state index in [2.05, 4.69) is 24.9 Å². The highest BCUT2D eigenvalue weighted by Crippen LogP contribution is 2.41. The smallest absolute Gasteiger partial charge is 0.292 e. The van der Waals surface area contributed by atoms with Gasteiger partial charge in [0.2, 0.25) is 20.0 Å². The summed E-state index contributed by atoms with van der Waals surface area (Å²) in [5, 5.41) is 10.6. The molecule has 1 aromatic carbocycles. The lowest BCUT2D eigenvalue weighted by Gasteiger charge is -2.30. The highest BCUT2D eigenvalue weighted by Gasteiger charge is 2.54. The number of hydrogen-bond acceptors (Lipinski definition) is 8. The monoisotopic (exact) mass is 615 g/mol. The molecule has 0 amide bonds. The van der Waals surface area contributed by atoms with Crippen LogP contribution >= 0.6 is 11.3 Å². The van der Waals surface area contributed by atoms with Gasteiger partial charge < -0.3 is 0 Å². The molecule has 2 aromatic heterocycles. The van der Waals surface area contributed by atoms with E-state index in [1.54, 1.807) is 0 Å². The Morgan fingerprint density at radius 1 is 1.20 bits per heavy atom. The van der Waals surface area contributed by atoms with Gasteiger partial charge in [0.25, 0.3) is 12.1 Å². The Balaban J connectivity index is 1.71. The molecule has 1 aliphatic heterocycles. The predicted octanol–water partition coefficient (Wildman–Crippen LogP) is 3.49. The van der Waals surface area contributed by atoms with Crippen LogP contribution < -0.4 is 4.72 Å². The summed E-state index contributed by atoms with van der Waals surface area (Å²) in [7, 11) is -6.51. The molecule has 40 heavy (non-hydrogen) atoms. The van der Waals surface area contributed by atoms with Crippen LogP contribution in [0.3, 0.4) is 0 Å². The van der Waals surface area contributed by atoms with Gasteiger partial charge in [0, 0.05) is 31.1 Å². The summed E-state index contributed by atoms with van der Waals surface area (Å²) in [6.45, 7) is 9.74. The summed E-state index contributed by atoms with van der Waals surface area (Å²) in [6.07, 6.45) is -2.62. The van der Waals surface area contributed by atoms with Gasteiger partial charge in [-0.2, -0.15) is 9.40 Å². The first kappa shape index (κ1) is 28.6. The number of nitrogens with zero attached hydrogens (tertiary/aromatic N) is 6. The van der Waals surface area contributed by atoms with Crippen molar-refractivity contribution in [1.82, 2.24) is 29.0 Å². The quantitative estimate of drug-likeness (QED) is 0.384. The lowest BCUT2D eigenvalue weighted by atomic mass is 9.96. The molecule has 1 atom stereocenters. The fourth-order valence-corrected chi connectivity index (χ4v) is 7.80. The zero-order valence-corrected chi connectivity index (χ0v) is 23.9. The fourth-order valence-electron chi connectivity index (χ4n) is 4.47. The molecule has 214 valence electrons. The molecule has 3 aromatic rings. The minimum absolute atomic E-state index is 0.0119. The second-order valence-corrected chi connectivity index (χ2v) is 15.1. The first-order valence-corrected chi connectivity index (χ1v) is 15.9. The lowest BCUT2D eigenvalue weighted by molar-refractivity contribution is 0.150. The lowest BCUT2D eigenvalue weighted by Crippen LogP contribution is -2.43. The molecule has 0 spiro atoms. The summed E-state index contributed by atoms with van der Waals surface area (Å²) < 4.78 is 99.0. The van der Waals surface area contributed by atoms with E-state index in [1.807, 2.05) is 0 Å². The van der Waals surface area contributed by atoms with Gasteiger partial charge in [-0.05, 0) is 31.6 Å². The van der Waals surface area contributed by atoms with Crippen LogP contribution in [0.25, 0.3) is 32.0 Å². The van der Waals surface area contributed by atoms with Crippen molar-refractivity contribution in [2.24, 2.45) is 7.05 Å². The molecule has 1 aliphatic carbocycles. The normalized spacial score (nSPS) is 19.8. The van der Waals surface area contributed by atoms with E-state index in [1.165, 1.54) is 43.8 Å². The van der Waals surface area contributed by atoms with Crippen LogP contribution in [0.1, 0.15) is 43.7 Å². The van der Waals surface area contributed by atoms with E-state index < -0.39 is 55.1 Å². The molecule has 0 bridgehead atoms. The van der Waals surface area contributed by atoms with Crippen LogP contribution in [0.2, 0.25) is 0 Å². The van der Waals surface area contributed by atoms with Crippen LogP contribution in [0.4, 0.5) is 13.2 Å². The van der Waals surface area contributed by atoms with Gasteiger partial charge in [-0.25, -0.2) is 36.6 Å². The molecule has 2 aliphatic rings. The largest absolute Gasteiger partial charge is 0.299 e. The van der Waals surface area contributed by atoms with Crippen LogP contribution in [0, 0.1) is 6.57 Å². The molecule has 1 unspecified atom stereocenters. The number of aromatic nitrogens is 4. The highest BCUT2D eigenvalue weighted by molar-refractivity contribution is 7.89. The van der Waals surface area contributed by atoms with Gasteiger partial charge in [0.05, 0.1) is 28.5 Å². The van der Waals surface area contributed by atoms with Crippen molar-refractivity contribution in [3.8, 4) is 10.7 Å². The van der Waals surface area contributed by atoms with Crippen molar-refractivity contribution in [3.63, 3.8) is 0 Å². The van der Waals surface area contributed by atoms with Crippen molar-refractivity contribution >= 4 is 47.9 Å². The van der Waals surface area contributed by atoms with E-state index in [9.17, 15) is 25.6 Å². The van der Waals surface area contributed by atoms with E-state index in [-0.39, 0.29) is 38.7 Å². The first-order chi connectivity index (χ1) is 18.7. The molecule has 0 radical (unpaired) electrons. The number of nitrogens with one attached hydrogen (secondary N) is 1. The molecule has 1 saturated carbocycles. The molecule has 0 saturated heterocycles. The van der Waals surface area contributed by atoms with E-state index in [4.69, 9.17) is 6.57 Å². The molecule has 3 heterocycles. The molecule has 5 rings (SSSR count). The Morgan fingerprint density at radius 2 is 1.90 bits per heavy atom. The Kier molecular flexibility index (Phi) is 7.06. The third kappa shape index (κ3) is 4.91. The number of alkyl halides is 3. The number of benzene rings is 1. The van der Waals surface area contributed by atoms with E-state index in [0.29, 0.717) is 29.7 Å². The maximum absolute atomic E-state index is 15.7. The number of fused-ring (bicyclic) bond motifs is 1. The van der Waals surface area contributed by atoms with Gasteiger partial charge in [0.15, 0.2) is 10.0 Å². The van der Waals surface area contributed by atoms with Crippen molar-refractivity contribution < 1.29 is 30.0 Å².